The van der Waals surface area contributed by atoms with Crippen LogP contribution in [-0.4, -0.2) is 18.4 Å². The zero-order chi connectivity index (χ0) is 8.91. The largest absolute Gasteiger partial charge is 0.433 e. The molecular weight excluding hydrogens is 144 g/mol. The molecule has 0 spiro atoms. The summed E-state index contributed by atoms with van der Waals surface area (Å²) in [4.78, 5) is 10.8. The van der Waals surface area contributed by atoms with Crippen molar-refractivity contribution in [1.29, 1.82) is 0 Å². The maximum Gasteiger partial charge on any atom is 0.307 e. The van der Waals surface area contributed by atoms with Crippen LogP contribution in [0.5, 0.6) is 0 Å². The van der Waals surface area contributed by atoms with Gasteiger partial charge in [-0.3, -0.25) is 4.79 Å². The SMILES string of the molecule is [CH2]C(C)(OCC)OC(=O)CC. The molecular formula is C8H15O3. The monoisotopic (exact) mass is 159 g/mol. The van der Waals surface area contributed by atoms with E-state index in [9.17, 15) is 4.79 Å². The third-order valence-electron chi connectivity index (χ3n) is 1.07. The van der Waals surface area contributed by atoms with E-state index in [1.165, 1.54) is 0 Å². The molecule has 0 aliphatic heterocycles. The van der Waals surface area contributed by atoms with Crippen molar-refractivity contribution in [3.8, 4) is 0 Å². The second-order valence-corrected chi connectivity index (χ2v) is 2.39. The highest BCUT2D eigenvalue weighted by Crippen LogP contribution is 2.10. The normalized spacial score (nSPS) is 11.3. The van der Waals surface area contributed by atoms with Crippen molar-refractivity contribution in [2.45, 2.75) is 33.0 Å². The molecule has 3 nitrogen and oxygen atoms in total. The van der Waals surface area contributed by atoms with Gasteiger partial charge in [0.2, 0.25) is 5.79 Å². The lowest BCUT2D eigenvalue weighted by Crippen LogP contribution is -2.31. The topological polar surface area (TPSA) is 35.5 Å². The molecule has 1 atom stereocenters. The van der Waals surface area contributed by atoms with Gasteiger partial charge in [0.1, 0.15) is 0 Å². The van der Waals surface area contributed by atoms with E-state index >= 15 is 0 Å². The van der Waals surface area contributed by atoms with Crippen LogP contribution < -0.4 is 0 Å². The van der Waals surface area contributed by atoms with E-state index in [0.29, 0.717) is 13.0 Å². The summed E-state index contributed by atoms with van der Waals surface area (Å²) in [5, 5.41) is 0. The predicted molar refractivity (Wildman–Crippen MR) is 41.8 cm³/mol. The Morgan fingerprint density at radius 1 is 1.55 bits per heavy atom. The van der Waals surface area contributed by atoms with Crippen LogP contribution >= 0.6 is 0 Å². The van der Waals surface area contributed by atoms with Crippen LogP contribution in [0.25, 0.3) is 0 Å². The van der Waals surface area contributed by atoms with Crippen LogP contribution in [0.2, 0.25) is 0 Å². The predicted octanol–water partition coefficient (Wildman–Crippen LogP) is 1.53. The van der Waals surface area contributed by atoms with E-state index in [1.54, 1.807) is 13.8 Å². The van der Waals surface area contributed by atoms with Gasteiger partial charge in [0.25, 0.3) is 0 Å². The van der Waals surface area contributed by atoms with Gasteiger partial charge < -0.3 is 9.47 Å². The quantitative estimate of drug-likeness (QED) is 0.461. The van der Waals surface area contributed by atoms with Crippen molar-refractivity contribution in [2.24, 2.45) is 0 Å². The molecule has 0 aromatic carbocycles. The molecule has 0 fully saturated rings. The number of ether oxygens (including phenoxy) is 2. The number of hydrogen-bond acceptors (Lipinski definition) is 3. The van der Waals surface area contributed by atoms with Crippen molar-refractivity contribution in [1.82, 2.24) is 0 Å². The maximum atomic E-state index is 10.8. The molecule has 65 valence electrons. The van der Waals surface area contributed by atoms with Crippen LogP contribution in [0.1, 0.15) is 27.2 Å². The number of hydrogen-bond donors (Lipinski definition) is 0. The van der Waals surface area contributed by atoms with Crippen molar-refractivity contribution in [3.05, 3.63) is 6.92 Å². The molecule has 0 aliphatic carbocycles. The van der Waals surface area contributed by atoms with Crippen LogP contribution in [0.3, 0.4) is 0 Å². The first-order valence-corrected chi connectivity index (χ1v) is 3.73. The summed E-state index contributed by atoms with van der Waals surface area (Å²) >= 11 is 0. The zero-order valence-corrected chi connectivity index (χ0v) is 7.35. The van der Waals surface area contributed by atoms with Crippen molar-refractivity contribution in [3.63, 3.8) is 0 Å². The highest BCUT2D eigenvalue weighted by Gasteiger charge is 2.21. The maximum absolute atomic E-state index is 10.8. The first kappa shape index (κ1) is 10.4. The molecule has 0 N–H and O–H groups in total. The molecule has 11 heavy (non-hydrogen) atoms. The Morgan fingerprint density at radius 2 is 2.09 bits per heavy atom. The number of carbonyl (C=O) groups is 1. The molecule has 1 radical (unpaired) electrons. The van der Waals surface area contributed by atoms with Gasteiger partial charge in [0.05, 0.1) is 0 Å². The van der Waals surface area contributed by atoms with E-state index in [2.05, 4.69) is 6.92 Å². The summed E-state index contributed by atoms with van der Waals surface area (Å²) < 4.78 is 9.90. The first-order chi connectivity index (χ1) is 5.02. The lowest BCUT2D eigenvalue weighted by molar-refractivity contribution is -0.202. The summed E-state index contributed by atoms with van der Waals surface area (Å²) in [6.07, 6.45) is 0.345. The number of rotatable bonds is 4. The minimum Gasteiger partial charge on any atom is -0.433 e. The van der Waals surface area contributed by atoms with Gasteiger partial charge in [-0.05, 0) is 6.92 Å². The molecule has 0 heterocycles. The van der Waals surface area contributed by atoms with Gasteiger partial charge in [-0.2, -0.15) is 0 Å². The van der Waals surface area contributed by atoms with E-state index < -0.39 is 5.79 Å². The fraction of sp³-hybridized carbons (Fsp3) is 0.750. The molecule has 0 aromatic heterocycles. The van der Waals surface area contributed by atoms with Crippen molar-refractivity contribution >= 4 is 5.97 Å². The molecule has 0 saturated heterocycles. The molecule has 0 aliphatic rings. The highest BCUT2D eigenvalue weighted by molar-refractivity contribution is 5.69. The van der Waals surface area contributed by atoms with Crippen molar-refractivity contribution in [2.75, 3.05) is 6.61 Å². The van der Waals surface area contributed by atoms with Crippen LogP contribution in [0.15, 0.2) is 0 Å². The summed E-state index contributed by atoms with van der Waals surface area (Å²) in [5.41, 5.74) is 0. The van der Waals surface area contributed by atoms with Gasteiger partial charge in [0, 0.05) is 26.9 Å². The molecule has 0 rings (SSSR count). The Hall–Kier alpha value is -0.570. The van der Waals surface area contributed by atoms with E-state index in [0.717, 1.165) is 0 Å². The third-order valence-corrected chi connectivity index (χ3v) is 1.07. The summed E-state index contributed by atoms with van der Waals surface area (Å²) in [6, 6.07) is 0. The molecule has 0 saturated carbocycles. The summed E-state index contributed by atoms with van der Waals surface area (Å²) in [5.74, 6) is -1.32. The van der Waals surface area contributed by atoms with E-state index in [1.807, 2.05) is 6.92 Å². The molecule has 0 aromatic rings. The zero-order valence-electron chi connectivity index (χ0n) is 7.35. The second-order valence-electron chi connectivity index (χ2n) is 2.39. The van der Waals surface area contributed by atoms with Crippen molar-refractivity contribution < 1.29 is 14.3 Å². The summed E-state index contributed by atoms with van der Waals surface area (Å²) in [7, 11) is 0. The molecule has 1 unspecified atom stereocenters. The average Bonchev–Trinajstić information content (AvgIpc) is 1.86. The molecule has 3 heteroatoms. The van der Waals surface area contributed by atoms with Gasteiger partial charge in [0.15, 0.2) is 0 Å². The van der Waals surface area contributed by atoms with Gasteiger partial charge in [-0.15, -0.1) is 0 Å². The highest BCUT2D eigenvalue weighted by atomic mass is 16.7. The minimum absolute atomic E-state index is 0.295. The summed E-state index contributed by atoms with van der Waals surface area (Å²) in [6.45, 7) is 9.23. The average molecular weight is 159 g/mol. The van der Waals surface area contributed by atoms with Gasteiger partial charge in [-0.1, -0.05) is 6.92 Å². The second kappa shape index (κ2) is 4.34. The lowest BCUT2D eigenvalue weighted by Gasteiger charge is -2.23. The Balaban J connectivity index is 3.80. The minimum atomic E-state index is -1.03. The third kappa shape index (κ3) is 4.79. The molecule has 0 amide bonds. The van der Waals surface area contributed by atoms with E-state index in [-0.39, 0.29) is 5.97 Å². The number of carbonyl (C=O) groups excluding carboxylic acids is 1. The fourth-order valence-corrected chi connectivity index (χ4v) is 0.648. The Morgan fingerprint density at radius 3 is 2.45 bits per heavy atom. The van der Waals surface area contributed by atoms with E-state index in [4.69, 9.17) is 9.47 Å². The van der Waals surface area contributed by atoms with Crippen LogP contribution in [0, 0.1) is 6.92 Å². The van der Waals surface area contributed by atoms with Crippen LogP contribution in [0.4, 0.5) is 0 Å². The standard InChI is InChI=1S/C8H15O3/c1-5-7(9)11-8(3,4)10-6-2/h3,5-6H2,1-2,4H3. The Kier molecular flexibility index (Phi) is 4.11. The van der Waals surface area contributed by atoms with Gasteiger partial charge >= 0.3 is 5.97 Å². The Labute approximate surface area is 67.7 Å². The Bertz CT molecular complexity index is 129. The lowest BCUT2D eigenvalue weighted by atomic mass is 10.3. The van der Waals surface area contributed by atoms with Gasteiger partial charge in [-0.25, -0.2) is 0 Å². The molecule has 0 bridgehead atoms. The van der Waals surface area contributed by atoms with Crippen LogP contribution in [-0.2, 0) is 14.3 Å². The fourth-order valence-electron chi connectivity index (χ4n) is 0.648. The number of esters is 1. The smallest absolute Gasteiger partial charge is 0.307 e. The first-order valence-electron chi connectivity index (χ1n) is 3.73.